The summed E-state index contributed by atoms with van der Waals surface area (Å²) in [5.41, 5.74) is 0. The van der Waals surface area contributed by atoms with E-state index in [4.69, 9.17) is 9.84 Å². The molecule has 1 unspecified atom stereocenters. The number of ether oxygens (including phenoxy) is 1. The van der Waals surface area contributed by atoms with Gasteiger partial charge in [-0.05, 0) is 70.6 Å². The normalized spacial score (nSPS) is 12.6. The average Bonchev–Trinajstić information content (AvgIpc) is 2.99. The van der Waals surface area contributed by atoms with Crippen molar-refractivity contribution < 1.29 is 19.4 Å². The number of hydrogen-bond donors (Lipinski definition) is 1. The van der Waals surface area contributed by atoms with Crippen molar-refractivity contribution in [2.45, 2.75) is 200 Å². The Balaban J connectivity index is 3.82. The number of carboxylic acids is 1. The van der Waals surface area contributed by atoms with E-state index in [0.29, 0.717) is 12.8 Å². The zero-order valence-corrected chi connectivity index (χ0v) is 28.5. The van der Waals surface area contributed by atoms with Crippen molar-refractivity contribution in [3.8, 4) is 0 Å². The van der Waals surface area contributed by atoms with Gasteiger partial charge in [0.2, 0.25) is 0 Å². The second-order valence-electron chi connectivity index (χ2n) is 12.4. The summed E-state index contributed by atoms with van der Waals surface area (Å²) < 4.78 is 5.87. The van der Waals surface area contributed by atoms with Crippen LogP contribution in [-0.4, -0.2) is 23.1 Å². The summed E-state index contributed by atoms with van der Waals surface area (Å²) in [5, 5.41) is 8.91. The Hall–Kier alpha value is -1.84. The van der Waals surface area contributed by atoms with Crippen molar-refractivity contribution in [2.75, 3.05) is 0 Å². The quantitative estimate of drug-likeness (QED) is 0.0461. The lowest BCUT2D eigenvalue weighted by Crippen LogP contribution is -2.18. The molecule has 0 saturated carbocycles. The molecule has 0 heterocycles. The van der Waals surface area contributed by atoms with Crippen LogP contribution in [0.1, 0.15) is 194 Å². The number of esters is 1. The van der Waals surface area contributed by atoms with Crippen LogP contribution in [0.2, 0.25) is 0 Å². The summed E-state index contributed by atoms with van der Waals surface area (Å²) in [5.74, 6) is -0.806. The Morgan fingerprint density at radius 3 is 1.53 bits per heavy atom. The third-order valence-corrected chi connectivity index (χ3v) is 8.13. The molecular formula is C39H70O4. The van der Waals surface area contributed by atoms with Crippen LogP contribution < -0.4 is 0 Å². The van der Waals surface area contributed by atoms with Crippen molar-refractivity contribution in [1.82, 2.24) is 0 Å². The molecule has 4 heteroatoms. The molecule has 43 heavy (non-hydrogen) atoms. The highest BCUT2D eigenvalue weighted by molar-refractivity contribution is 5.69. The first-order valence-electron chi connectivity index (χ1n) is 18.5. The lowest BCUT2D eigenvalue weighted by atomic mass is 10.0. The van der Waals surface area contributed by atoms with Crippen LogP contribution in [0.4, 0.5) is 0 Å². The number of carboxylic acid groups (broad SMARTS) is 1. The highest BCUT2D eigenvalue weighted by Crippen LogP contribution is 2.18. The summed E-state index contributed by atoms with van der Waals surface area (Å²) >= 11 is 0. The van der Waals surface area contributed by atoms with Gasteiger partial charge >= 0.3 is 11.9 Å². The third kappa shape index (κ3) is 34.5. The van der Waals surface area contributed by atoms with Crippen molar-refractivity contribution in [2.24, 2.45) is 0 Å². The van der Waals surface area contributed by atoms with Crippen LogP contribution in [0.3, 0.4) is 0 Å². The van der Waals surface area contributed by atoms with Crippen LogP contribution in [-0.2, 0) is 14.3 Å². The molecule has 0 aromatic rings. The van der Waals surface area contributed by atoms with Crippen LogP contribution >= 0.6 is 0 Å². The number of carbonyl (C=O) groups excluding carboxylic acids is 1. The summed E-state index contributed by atoms with van der Waals surface area (Å²) in [6.07, 6.45) is 44.4. The van der Waals surface area contributed by atoms with Gasteiger partial charge in [-0.3, -0.25) is 9.59 Å². The van der Waals surface area contributed by atoms with Gasteiger partial charge in [-0.25, -0.2) is 0 Å². The third-order valence-electron chi connectivity index (χ3n) is 8.13. The molecule has 0 aliphatic heterocycles. The Labute approximate surface area is 267 Å². The zero-order valence-electron chi connectivity index (χ0n) is 28.5. The first kappa shape index (κ1) is 41.2. The fourth-order valence-corrected chi connectivity index (χ4v) is 5.43. The predicted molar refractivity (Wildman–Crippen MR) is 186 cm³/mol. The Kier molecular flexibility index (Phi) is 33.2. The highest BCUT2D eigenvalue weighted by atomic mass is 16.5. The SMILES string of the molecule is CC/C=C\C/C=C\C/C=C\CCCCCCCCCCCC(=O)OC(CCCCCCCCCCC)CCCCC(=O)O. The first-order valence-corrected chi connectivity index (χ1v) is 18.5. The summed E-state index contributed by atoms with van der Waals surface area (Å²) in [6, 6.07) is 0. The second-order valence-corrected chi connectivity index (χ2v) is 12.4. The van der Waals surface area contributed by atoms with E-state index in [-0.39, 0.29) is 18.5 Å². The van der Waals surface area contributed by atoms with Crippen LogP contribution in [0.25, 0.3) is 0 Å². The second kappa shape index (κ2) is 34.6. The molecule has 0 bridgehead atoms. The van der Waals surface area contributed by atoms with E-state index in [9.17, 15) is 9.59 Å². The van der Waals surface area contributed by atoms with E-state index < -0.39 is 5.97 Å². The van der Waals surface area contributed by atoms with Gasteiger partial charge in [0.05, 0.1) is 0 Å². The van der Waals surface area contributed by atoms with Crippen LogP contribution in [0.15, 0.2) is 36.5 Å². The van der Waals surface area contributed by atoms with Crippen molar-refractivity contribution >= 4 is 11.9 Å². The molecule has 0 saturated heterocycles. The largest absolute Gasteiger partial charge is 0.481 e. The molecule has 250 valence electrons. The molecule has 0 aromatic heterocycles. The topological polar surface area (TPSA) is 63.6 Å². The molecule has 0 fully saturated rings. The van der Waals surface area contributed by atoms with Gasteiger partial charge in [0.25, 0.3) is 0 Å². The predicted octanol–water partition coefficient (Wildman–Crippen LogP) is 12.6. The summed E-state index contributed by atoms with van der Waals surface area (Å²) in [6.45, 7) is 4.42. The van der Waals surface area contributed by atoms with Crippen molar-refractivity contribution in [1.29, 1.82) is 0 Å². The van der Waals surface area contributed by atoms with Crippen LogP contribution in [0, 0.1) is 0 Å². The summed E-state index contributed by atoms with van der Waals surface area (Å²) in [4.78, 5) is 23.3. The average molecular weight is 603 g/mol. The summed E-state index contributed by atoms with van der Waals surface area (Å²) in [7, 11) is 0. The number of carbonyl (C=O) groups is 2. The Bertz CT molecular complexity index is 693. The highest BCUT2D eigenvalue weighted by Gasteiger charge is 2.14. The molecule has 1 N–H and O–H groups in total. The van der Waals surface area contributed by atoms with E-state index in [2.05, 4.69) is 50.3 Å². The molecule has 0 aliphatic carbocycles. The van der Waals surface area contributed by atoms with Gasteiger partial charge in [-0.15, -0.1) is 0 Å². The first-order chi connectivity index (χ1) is 21.1. The maximum atomic E-state index is 12.5. The molecular weight excluding hydrogens is 532 g/mol. The Morgan fingerprint density at radius 2 is 0.977 bits per heavy atom. The minimum absolute atomic E-state index is 0.0452. The molecule has 1 atom stereocenters. The molecule has 0 radical (unpaired) electrons. The molecule has 4 nitrogen and oxygen atoms in total. The fraction of sp³-hybridized carbons (Fsp3) is 0.795. The number of aliphatic carboxylic acids is 1. The van der Waals surface area contributed by atoms with E-state index in [1.54, 1.807) is 0 Å². The van der Waals surface area contributed by atoms with Gasteiger partial charge in [0.1, 0.15) is 6.10 Å². The van der Waals surface area contributed by atoms with Crippen molar-refractivity contribution in [3.05, 3.63) is 36.5 Å². The Morgan fingerprint density at radius 1 is 0.535 bits per heavy atom. The van der Waals surface area contributed by atoms with Crippen LogP contribution in [0.5, 0.6) is 0 Å². The van der Waals surface area contributed by atoms with E-state index in [1.165, 1.54) is 103 Å². The van der Waals surface area contributed by atoms with Gasteiger partial charge in [-0.1, -0.05) is 147 Å². The number of rotatable bonds is 33. The smallest absolute Gasteiger partial charge is 0.306 e. The maximum Gasteiger partial charge on any atom is 0.306 e. The molecule has 0 spiro atoms. The zero-order chi connectivity index (χ0) is 31.5. The molecule has 0 amide bonds. The van der Waals surface area contributed by atoms with E-state index in [1.807, 2.05) is 0 Å². The number of unbranched alkanes of at least 4 members (excludes halogenated alkanes) is 18. The minimum Gasteiger partial charge on any atom is -0.481 e. The van der Waals surface area contributed by atoms with Gasteiger partial charge in [-0.2, -0.15) is 0 Å². The van der Waals surface area contributed by atoms with E-state index in [0.717, 1.165) is 57.8 Å². The van der Waals surface area contributed by atoms with E-state index >= 15 is 0 Å². The number of hydrogen-bond acceptors (Lipinski definition) is 3. The lowest BCUT2D eigenvalue weighted by Gasteiger charge is -2.18. The molecule has 0 aromatic carbocycles. The molecule has 0 aliphatic rings. The standard InChI is InChI=1S/C39H70O4/c1-3-5-7-9-11-13-14-15-16-17-18-19-20-21-22-24-26-28-30-36-39(42)43-37(34-31-32-35-38(40)41)33-29-27-25-23-12-10-8-6-4-2/h5,7,11,13,15-16,37H,3-4,6,8-10,12,14,17-36H2,1-2H3,(H,40,41)/b7-5-,13-11-,16-15-. The lowest BCUT2D eigenvalue weighted by molar-refractivity contribution is -0.150. The molecule has 0 rings (SSSR count). The van der Waals surface area contributed by atoms with Gasteiger partial charge in [0.15, 0.2) is 0 Å². The van der Waals surface area contributed by atoms with Gasteiger partial charge < -0.3 is 9.84 Å². The van der Waals surface area contributed by atoms with Gasteiger partial charge in [0, 0.05) is 12.8 Å². The fourth-order valence-electron chi connectivity index (χ4n) is 5.43. The number of allylic oxidation sites excluding steroid dienone is 6. The monoisotopic (exact) mass is 603 g/mol. The maximum absolute atomic E-state index is 12.5. The minimum atomic E-state index is -0.745. The van der Waals surface area contributed by atoms with Crippen molar-refractivity contribution in [3.63, 3.8) is 0 Å².